The van der Waals surface area contributed by atoms with E-state index < -0.39 is 0 Å². The smallest absolute Gasteiger partial charge is 0.150 e. The lowest BCUT2D eigenvalue weighted by atomic mass is 9.86. The summed E-state index contributed by atoms with van der Waals surface area (Å²) in [6.07, 6.45) is 0.536. The fourth-order valence-corrected chi connectivity index (χ4v) is 4.96. The first-order valence-corrected chi connectivity index (χ1v) is 12.0. The van der Waals surface area contributed by atoms with Crippen LogP contribution in [0.4, 0.5) is 4.39 Å². The van der Waals surface area contributed by atoms with Crippen molar-refractivity contribution in [2.24, 2.45) is 5.92 Å². The number of hydrogen-bond acceptors (Lipinski definition) is 5. The molecule has 3 aromatic rings. The highest BCUT2D eigenvalue weighted by Gasteiger charge is 2.29. The molecular formula is C29H30FNO4. The van der Waals surface area contributed by atoms with Gasteiger partial charge in [-0.3, -0.25) is 9.29 Å². The van der Waals surface area contributed by atoms with Gasteiger partial charge in [-0.25, -0.2) is 0 Å². The number of phenolic OH excluding ortho intramolecular Hbond substituents is 2. The molecular weight excluding hydrogens is 445 g/mol. The van der Waals surface area contributed by atoms with Crippen molar-refractivity contribution in [2.75, 3.05) is 32.9 Å². The van der Waals surface area contributed by atoms with Gasteiger partial charge >= 0.3 is 0 Å². The number of likely N-dealkylation sites (tertiary alicyclic amines) is 1. The third-order valence-electron chi connectivity index (χ3n) is 6.91. The summed E-state index contributed by atoms with van der Waals surface area (Å²) < 4.78 is 25.2. The second-order valence-electron chi connectivity index (χ2n) is 9.29. The van der Waals surface area contributed by atoms with Gasteiger partial charge in [0.25, 0.3) is 0 Å². The van der Waals surface area contributed by atoms with Gasteiger partial charge in [0.05, 0.1) is 6.67 Å². The minimum atomic E-state index is -0.384. The van der Waals surface area contributed by atoms with Gasteiger partial charge in [0.15, 0.2) is 0 Å². The van der Waals surface area contributed by atoms with Crippen molar-refractivity contribution in [3.8, 4) is 23.0 Å². The molecule has 2 aliphatic heterocycles. The maximum Gasteiger partial charge on any atom is 0.150 e. The van der Waals surface area contributed by atoms with E-state index in [1.807, 2.05) is 42.5 Å². The van der Waals surface area contributed by atoms with E-state index in [4.69, 9.17) is 9.47 Å². The summed E-state index contributed by atoms with van der Waals surface area (Å²) >= 11 is 0. The fourth-order valence-electron chi connectivity index (χ4n) is 4.96. The molecule has 0 amide bonds. The molecule has 2 heterocycles. The third kappa shape index (κ3) is 4.98. The Kier molecular flexibility index (Phi) is 6.64. The highest BCUT2D eigenvalue weighted by Crippen LogP contribution is 2.47. The van der Waals surface area contributed by atoms with Crippen molar-refractivity contribution < 1.29 is 24.1 Å². The number of aromatic hydroxyl groups is 2. The van der Waals surface area contributed by atoms with Crippen LogP contribution in [0.3, 0.4) is 0 Å². The minimum Gasteiger partial charge on any atom is -0.508 e. The number of halogens is 1. The quantitative estimate of drug-likeness (QED) is 0.450. The van der Waals surface area contributed by atoms with Crippen LogP contribution in [-0.2, 0) is 0 Å². The zero-order valence-corrected chi connectivity index (χ0v) is 19.8. The van der Waals surface area contributed by atoms with Crippen molar-refractivity contribution in [1.82, 2.24) is 4.90 Å². The van der Waals surface area contributed by atoms with E-state index >= 15 is 0 Å². The van der Waals surface area contributed by atoms with Gasteiger partial charge in [0, 0.05) is 36.2 Å². The van der Waals surface area contributed by atoms with E-state index in [9.17, 15) is 14.6 Å². The fraction of sp³-hybridized carbons (Fsp3) is 0.310. The van der Waals surface area contributed by atoms with Crippen LogP contribution in [0.2, 0.25) is 0 Å². The average Bonchev–Trinajstić information content (AvgIpc) is 3.33. The molecule has 1 saturated heterocycles. The van der Waals surface area contributed by atoms with Gasteiger partial charge in [-0.1, -0.05) is 24.3 Å². The Hall–Kier alpha value is -3.51. The maximum absolute atomic E-state index is 12.8. The van der Waals surface area contributed by atoms with Gasteiger partial charge in [-0.15, -0.1) is 0 Å². The Labute approximate surface area is 205 Å². The van der Waals surface area contributed by atoms with Gasteiger partial charge in [0.2, 0.25) is 0 Å². The summed E-state index contributed by atoms with van der Waals surface area (Å²) in [5.74, 6) is 1.93. The van der Waals surface area contributed by atoms with Crippen LogP contribution in [-0.4, -0.2) is 48.0 Å². The molecule has 5 rings (SSSR count). The van der Waals surface area contributed by atoms with Crippen LogP contribution in [0, 0.1) is 5.92 Å². The van der Waals surface area contributed by atoms with Crippen molar-refractivity contribution >= 4 is 11.1 Å². The van der Waals surface area contributed by atoms with Crippen LogP contribution in [0.25, 0.3) is 11.1 Å². The molecule has 0 aliphatic carbocycles. The molecule has 1 fully saturated rings. The molecule has 0 saturated carbocycles. The second kappa shape index (κ2) is 10.0. The largest absolute Gasteiger partial charge is 0.508 e. The molecule has 0 spiro atoms. The molecule has 5 nitrogen and oxygen atoms in total. The normalized spacial score (nSPS) is 19.9. The van der Waals surface area contributed by atoms with Crippen LogP contribution in [0.5, 0.6) is 23.0 Å². The predicted molar refractivity (Wildman–Crippen MR) is 135 cm³/mol. The van der Waals surface area contributed by atoms with E-state index in [1.54, 1.807) is 24.3 Å². The van der Waals surface area contributed by atoms with Crippen molar-refractivity contribution in [3.05, 3.63) is 83.4 Å². The third-order valence-corrected chi connectivity index (χ3v) is 6.91. The zero-order valence-electron chi connectivity index (χ0n) is 19.8. The van der Waals surface area contributed by atoms with Crippen molar-refractivity contribution in [1.29, 1.82) is 0 Å². The molecule has 0 aromatic heterocycles. The van der Waals surface area contributed by atoms with Crippen LogP contribution < -0.4 is 9.47 Å². The van der Waals surface area contributed by atoms with Crippen molar-refractivity contribution in [3.63, 3.8) is 0 Å². The highest BCUT2D eigenvalue weighted by atomic mass is 19.1. The number of alkyl halides is 1. The number of ether oxygens (including phenoxy) is 2. The minimum absolute atomic E-state index is 0.156. The molecule has 1 unspecified atom stereocenters. The summed E-state index contributed by atoms with van der Waals surface area (Å²) in [6.45, 7) is 4.89. The van der Waals surface area contributed by atoms with E-state index in [-0.39, 0.29) is 30.2 Å². The molecule has 2 N–H and O–H groups in total. The number of hydrogen-bond donors (Lipinski definition) is 2. The standard InChI is InChI=1S/C29H30FNO4/c1-19-26-11-8-24(33)16-27(26)35-29(28(19)21-2-6-23(32)7-3-21)22-4-9-25(10-5-22)34-15-14-31-13-12-20(17-30)18-31/h2-11,16,20,29,32-33H,12-15,17-18H2,1H3/t20-,29?/m0/s1. The first-order valence-electron chi connectivity index (χ1n) is 12.0. The molecule has 0 bridgehead atoms. The predicted octanol–water partition coefficient (Wildman–Crippen LogP) is 5.83. The molecule has 0 radical (unpaired) electrons. The molecule has 3 aromatic carbocycles. The summed E-state index contributed by atoms with van der Waals surface area (Å²) in [5.41, 5.74) is 4.91. The van der Waals surface area contributed by atoms with E-state index in [0.29, 0.717) is 12.4 Å². The Morgan fingerprint density at radius 2 is 1.74 bits per heavy atom. The lowest BCUT2D eigenvalue weighted by Crippen LogP contribution is -2.26. The summed E-state index contributed by atoms with van der Waals surface area (Å²) in [7, 11) is 0. The Balaban J connectivity index is 1.36. The first kappa shape index (κ1) is 23.2. The lowest BCUT2D eigenvalue weighted by molar-refractivity contribution is 0.228. The Bertz CT molecular complexity index is 1210. The Morgan fingerprint density at radius 3 is 2.46 bits per heavy atom. The molecule has 2 atom stereocenters. The topological polar surface area (TPSA) is 62.2 Å². The maximum atomic E-state index is 12.8. The molecule has 35 heavy (non-hydrogen) atoms. The number of benzene rings is 3. The van der Waals surface area contributed by atoms with E-state index in [0.717, 1.165) is 59.6 Å². The second-order valence-corrected chi connectivity index (χ2v) is 9.29. The number of nitrogens with zero attached hydrogens (tertiary/aromatic N) is 1. The molecule has 6 heteroatoms. The number of rotatable bonds is 7. The van der Waals surface area contributed by atoms with E-state index in [1.165, 1.54) is 0 Å². The highest BCUT2D eigenvalue weighted by molar-refractivity contribution is 5.95. The van der Waals surface area contributed by atoms with Gasteiger partial charge in [0.1, 0.15) is 35.7 Å². The average molecular weight is 476 g/mol. The summed E-state index contributed by atoms with van der Waals surface area (Å²) in [5, 5.41) is 19.8. The van der Waals surface area contributed by atoms with E-state index in [2.05, 4.69) is 11.8 Å². The molecule has 2 aliphatic rings. The van der Waals surface area contributed by atoms with Gasteiger partial charge in [-0.05, 0) is 73.0 Å². The number of allylic oxidation sites excluding steroid dienone is 1. The Morgan fingerprint density at radius 1 is 1.00 bits per heavy atom. The summed E-state index contributed by atoms with van der Waals surface area (Å²) in [4.78, 5) is 2.25. The van der Waals surface area contributed by atoms with Crippen molar-refractivity contribution in [2.45, 2.75) is 19.4 Å². The number of phenols is 2. The van der Waals surface area contributed by atoms with Gasteiger partial charge < -0.3 is 19.7 Å². The first-order chi connectivity index (χ1) is 17.0. The molecule has 182 valence electrons. The number of fused-ring (bicyclic) bond motifs is 1. The van der Waals surface area contributed by atoms with Crippen LogP contribution >= 0.6 is 0 Å². The van der Waals surface area contributed by atoms with Gasteiger partial charge in [-0.2, -0.15) is 0 Å². The lowest BCUT2D eigenvalue weighted by Gasteiger charge is -2.31. The zero-order chi connectivity index (χ0) is 24.4. The van der Waals surface area contributed by atoms with Crippen LogP contribution in [0.1, 0.15) is 36.1 Å². The monoisotopic (exact) mass is 475 g/mol. The van der Waals surface area contributed by atoms with Crippen LogP contribution in [0.15, 0.2) is 66.7 Å². The SMILES string of the molecule is CC1=C(c2ccc(O)cc2)C(c2ccc(OCCN3CC[C@@H](CF)C3)cc2)Oc2cc(O)ccc21. The summed E-state index contributed by atoms with van der Waals surface area (Å²) in [6, 6.07) is 20.2.